The fourth-order valence-corrected chi connectivity index (χ4v) is 2.76. The smallest absolute Gasteiger partial charge is 0.0646 e. The lowest BCUT2D eigenvalue weighted by Crippen LogP contribution is -2.50. The maximum Gasteiger partial charge on any atom is 0.0646 e. The van der Waals surface area contributed by atoms with Gasteiger partial charge in [-0.25, -0.2) is 0 Å². The summed E-state index contributed by atoms with van der Waals surface area (Å²) >= 11 is 0. The van der Waals surface area contributed by atoms with Gasteiger partial charge in [-0.1, -0.05) is 0 Å². The Hall–Kier alpha value is -0.120. The van der Waals surface area contributed by atoms with Crippen molar-refractivity contribution in [3.05, 3.63) is 0 Å². The molecule has 2 fully saturated rings. The van der Waals surface area contributed by atoms with Gasteiger partial charge in [0.2, 0.25) is 0 Å². The summed E-state index contributed by atoms with van der Waals surface area (Å²) in [5, 5.41) is 3.75. The molecule has 0 radical (unpaired) electrons. The third-order valence-corrected chi connectivity index (χ3v) is 3.73. The normalized spacial score (nSPS) is 42.0. The average Bonchev–Trinajstić information content (AvgIpc) is 2.65. The van der Waals surface area contributed by atoms with Gasteiger partial charge in [-0.2, -0.15) is 0 Å². The molecule has 3 heteroatoms. The van der Waals surface area contributed by atoms with Gasteiger partial charge in [0.15, 0.2) is 0 Å². The van der Waals surface area contributed by atoms with Crippen molar-refractivity contribution in [2.24, 2.45) is 0 Å². The molecule has 1 N–H and O–H groups in total. The average molecular weight is 213 g/mol. The number of hydrogen-bond donors (Lipinski definition) is 1. The second-order valence-electron chi connectivity index (χ2n) is 5.23. The topological polar surface area (TPSA) is 30.5 Å². The van der Waals surface area contributed by atoms with Crippen molar-refractivity contribution in [1.29, 1.82) is 0 Å². The molecule has 2 aliphatic rings. The quantitative estimate of drug-likeness (QED) is 0.774. The van der Waals surface area contributed by atoms with Gasteiger partial charge in [-0.15, -0.1) is 0 Å². The first kappa shape index (κ1) is 11.4. The molecule has 1 aliphatic carbocycles. The van der Waals surface area contributed by atoms with Gasteiger partial charge in [0.05, 0.1) is 12.7 Å². The van der Waals surface area contributed by atoms with Gasteiger partial charge >= 0.3 is 0 Å². The Bertz CT molecular complexity index is 202. The highest BCUT2D eigenvalue weighted by Gasteiger charge is 2.33. The fourth-order valence-electron chi connectivity index (χ4n) is 2.76. The van der Waals surface area contributed by atoms with Gasteiger partial charge in [0.1, 0.15) is 0 Å². The van der Waals surface area contributed by atoms with E-state index >= 15 is 0 Å². The molecule has 0 amide bonds. The zero-order chi connectivity index (χ0) is 10.7. The van der Waals surface area contributed by atoms with Crippen molar-refractivity contribution in [3.63, 3.8) is 0 Å². The molecule has 88 valence electrons. The van der Waals surface area contributed by atoms with Crippen LogP contribution in [0.4, 0.5) is 0 Å². The molecule has 1 saturated carbocycles. The Kier molecular flexibility index (Phi) is 3.65. The van der Waals surface area contributed by atoms with Crippen LogP contribution in [-0.4, -0.2) is 38.0 Å². The largest absolute Gasteiger partial charge is 0.381 e. The number of hydrogen-bond acceptors (Lipinski definition) is 3. The Labute approximate surface area is 92.5 Å². The molecule has 3 unspecified atom stereocenters. The lowest BCUT2D eigenvalue weighted by molar-refractivity contribution is 0.0519. The molecule has 0 aromatic rings. The molecule has 1 heterocycles. The Morgan fingerprint density at radius 3 is 2.93 bits per heavy atom. The van der Waals surface area contributed by atoms with Crippen molar-refractivity contribution in [2.45, 2.75) is 56.7 Å². The highest BCUT2D eigenvalue weighted by Crippen LogP contribution is 2.25. The van der Waals surface area contributed by atoms with E-state index < -0.39 is 0 Å². The Morgan fingerprint density at radius 2 is 2.27 bits per heavy atom. The molecule has 3 nitrogen and oxygen atoms in total. The number of rotatable bonds is 3. The van der Waals surface area contributed by atoms with Gasteiger partial charge < -0.3 is 14.8 Å². The van der Waals surface area contributed by atoms with E-state index in [0.29, 0.717) is 12.1 Å². The Balaban J connectivity index is 1.83. The van der Waals surface area contributed by atoms with E-state index in [4.69, 9.17) is 9.47 Å². The van der Waals surface area contributed by atoms with Crippen LogP contribution in [0.3, 0.4) is 0 Å². The Morgan fingerprint density at radius 1 is 1.40 bits per heavy atom. The number of methoxy groups -OCH3 is 1. The maximum absolute atomic E-state index is 5.46. The summed E-state index contributed by atoms with van der Waals surface area (Å²) < 4.78 is 10.9. The third-order valence-electron chi connectivity index (χ3n) is 3.73. The molecule has 1 saturated heterocycles. The van der Waals surface area contributed by atoms with E-state index in [1.54, 1.807) is 0 Å². The van der Waals surface area contributed by atoms with Crippen LogP contribution in [0.25, 0.3) is 0 Å². The predicted octanol–water partition coefficient (Wildman–Crippen LogP) is 1.71. The lowest BCUT2D eigenvalue weighted by atomic mass is 9.90. The van der Waals surface area contributed by atoms with Crippen LogP contribution in [0, 0.1) is 0 Å². The van der Waals surface area contributed by atoms with Crippen LogP contribution in [0.2, 0.25) is 0 Å². The first-order valence-corrected chi connectivity index (χ1v) is 6.10. The molecule has 0 aromatic heterocycles. The van der Waals surface area contributed by atoms with Crippen LogP contribution >= 0.6 is 0 Å². The minimum Gasteiger partial charge on any atom is -0.381 e. The van der Waals surface area contributed by atoms with Crippen LogP contribution in [-0.2, 0) is 9.47 Å². The zero-order valence-electron chi connectivity index (χ0n) is 9.92. The van der Waals surface area contributed by atoms with Gasteiger partial charge in [-0.05, 0) is 39.0 Å². The maximum atomic E-state index is 5.46. The van der Waals surface area contributed by atoms with E-state index in [9.17, 15) is 0 Å². The van der Waals surface area contributed by atoms with E-state index in [1.807, 2.05) is 7.11 Å². The molecular formula is C12H23NO2. The van der Waals surface area contributed by atoms with E-state index in [1.165, 1.54) is 19.3 Å². The third kappa shape index (κ3) is 2.92. The van der Waals surface area contributed by atoms with E-state index in [2.05, 4.69) is 12.2 Å². The predicted molar refractivity (Wildman–Crippen MR) is 60.0 cm³/mol. The van der Waals surface area contributed by atoms with Crippen LogP contribution < -0.4 is 5.32 Å². The monoisotopic (exact) mass is 213 g/mol. The second-order valence-corrected chi connectivity index (χ2v) is 5.23. The second kappa shape index (κ2) is 4.81. The molecular weight excluding hydrogens is 190 g/mol. The molecule has 0 spiro atoms. The van der Waals surface area contributed by atoms with Crippen LogP contribution in [0.15, 0.2) is 0 Å². The van der Waals surface area contributed by atoms with Crippen molar-refractivity contribution >= 4 is 0 Å². The summed E-state index contributed by atoms with van der Waals surface area (Å²) in [6, 6.07) is 0.621. The van der Waals surface area contributed by atoms with E-state index in [0.717, 1.165) is 26.1 Å². The summed E-state index contributed by atoms with van der Waals surface area (Å²) in [7, 11) is 1.83. The van der Waals surface area contributed by atoms with E-state index in [-0.39, 0.29) is 5.54 Å². The SMILES string of the molecule is COC1CCCC(NC2(C)CCOC2)C1. The van der Waals surface area contributed by atoms with Crippen molar-refractivity contribution in [1.82, 2.24) is 5.32 Å². The van der Waals surface area contributed by atoms with Crippen LogP contribution in [0.5, 0.6) is 0 Å². The molecule has 15 heavy (non-hydrogen) atoms. The fraction of sp³-hybridized carbons (Fsp3) is 1.00. The van der Waals surface area contributed by atoms with Gasteiger partial charge in [0, 0.05) is 25.3 Å². The first-order chi connectivity index (χ1) is 7.22. The standard InChI is InChI=1S/C12H23NO2/c1-12(6-7-15-9-12)13-10-4-3-5-11(8-10)14-2/h10-11,13H,3-9H2,1-2H3. The van der Waals surface area contributed by atoms with Crippen LogP contribution in [0.1, 0.15) is 39.0 Å². The number of nitrogens with one attached hydrogen (secondary N) is 1. The first-order valence-electron chi connectivity index (χ1n) is 6.10. The van der Waals surface area contributed by atoms with Crippen molar-refractivity contribution in [2.75, 3.05) is 20.3 Å². The molecule has 1 aliphatic heterocycles. The minimum atomic E-state index is 0.209. The van der Waals surface area contributed by atoms with Gasteiger partial charge in [0.25, 0.3) is 0 Å². The summed E-state index contributed by atoms with van der Waals surface area (Å²) in [6.45, 7) is 4.04. The van der Waals surface area contributed by atoms with Crippen molar-refractivity contribution < 1.29 is 9.47 Å². The summed E-state index contributed by atoms with van der Waals surface area (Å²) in [5.41, 5.74) is 0.209. The van der Waals surface area contributed by atoms with Crippen molar-refractivity contribution in [3.8, 4) is 0 Å². The molecule has 3 atom stereocenters. The molecule has 2 rings (SSSR count). The zero-order valence-corrected chi connectivity index (χ0v) is 9.92. The number of ether oxygens (including phenoxy) is 2. The highest BCUT2D eigenvalue weighted by atomic mass is 16.5. The summed E-state index contributed by atoms with van der Waals surface area (Å²) in [5.74, 6) is 0. The lowest BCUT2D eigenvalue weighted by Gasteiger charge is -2.35. The minimum absolute atomic E-state index is 0.209. The highest BCUT2D eigenvalue weighted by molar-refractivity contribution is 4.91. The summed E-state index contributed by atoms with van der Waals surface area (Å²) in [6.07, 6.45) is 6.56. The molecule has 0 aromatic carbocycles. The molecule has 0 bridgehead atoms. The van der Waals surface area contributed by atoms with Gasteiger partial charge in [-0.3, -0.25) is 0 Å². The summed E-state index contributed by atoms with van der Waals surface area (Å²) in [4.78, 5) is 0.